The molecule has 1 aromatic heterocycles. The lowest BCUT2D eigenvalue weighted by Gasteiger charge is -2.34. The van der Waals surface area contributed by atoms with Gasteiger partial charge in [-0.1, -0.05) is 24.3 Å². The first-order chi connectivity index (χ1) is 16.2. The van der Waals surface area contributed by atoms with Gasteiger partial charge in [0.1, 0.15) is 12.4 Å². The van der Waals surface area contributed by atoms with Crippen molar-refractivity contribution in [1.29, 1.82) is 0 Å². The van der Waals surface area contributed by atoms with E-state index >= 15 is 0 Å². The van der Waals surface area contributed by atoms with Crippen molar-refractivity contribution in [2.24, 2.45) is 0 Å². The van der Waals surface area contributed by atoms with Crippen LogP contribution in [-0.2, 0) is 4.79 Å². The summed E-state index contributed by atoms with van der Waals surface area (Å²) in [5.41, 5.74) is 1.69. The number of piperidine rings is 1. The molecule has 3 heterocycles. The van der Waals surface area contributed by atoms with Gasteiger partial charge in [-0.2, -0.15) is 0 Å². The predicted octanol–water partition coefficient (Wildman–Crippen LogP) is 3.08. The fourth-order valence-electron chi connectivity index (χ4n) is 4.19. The molecule has 0 radical (unpaired) electrons. The number of benzene rings is 2. The van der Waals surface area contributed by atoms with E-state index in [2.05, 4.69) is 20.4 Å². The van der Waals surface area contributed by atoms with Gasteiger partial charge in [0.2, 0.25) is 6.10 Å². The van der Waals surface area contributed by atoms with Crippen LogP contribution in [0, 0.1) is 0 Å². The Morgan fingerprint density at radius 3 is 2.52 bits per heavy atom. The number of methoxy groups -OCH3 is 1. The number of carbonyl (C=O) groups is 1. The van der Waals surface area contributed by atoms with Crippen LogP contribution in [0.1, 0.15) is 12.8 Å². The molecule has 0 aliphatic carbocycles. The highest BCUT2D eigenvalue weighted by Crippen LogP contribution is 2.31. The molecule has 1 unspecified atom stereocenters. The molecule has 0 spiro atoms. The summed E-state index contributed by atoms with van der Waals surface area (Å²) in [5, 5.41) is 12.0. The van der Waals surface area contributed by atoms with Gasteiger partial charge in [-0.25, -0.2) is 0 Å². The van der Waals surface area contributed by atoms with E-state index < -0.39 is 6.10 Å². The second-order valence-electron chi connectivity index (χ2n) is 8.11. The summed E-state index contributed by atoms with van der Waals surface area (Å²) in [7, 11) is 1.65. The van der Waals surface area contributed by atoms with E-state index in [4.69, 9.17) is 14.2 Å². The van der Waals surface area contributed by atoms with Crippen LogP contribution in [-0.4, -0.2) is 55.1 Å². The highest BCUT2D eigenvalue weighted by molar-refractivity contribution is 5.82. The molecule has 170 valence electrons. The SMILES string of the molecule is COc1ccccc1-c1ccc(N2CCC(NC(=O)C3COc4ccccc4O3)CC2)nn1. The molecule has 0 saturated carbocycles. The second kappa shape index (κ2) is 9.36. The fourth-order valence-corrected chi connectivity index (χ4v) is 4.19. The van der Waals surface area contributed by atoms with Crippen molar-refractivity contribution >= 4 is 11.7 Å². The molecule has 2 aliphatic rings. The number of nitrogens with zero attached hydrogens (tertiary/aromatic N) is 3. The number of fused-ring (bicyclic) bond motifs is 1. The summed E-state index contributed by atoms with van der Waals surface area (Å²) >= 11 is 0. The van der Waals surface area contributed by atoms with E-state index in [9.17, 15) is 4.79 Å². The number of aromatic nitrogens is 2. The number of amides is 1. The highest BCUT2D eigenvalue weighted by Gasteiger charge is 2.30. The van der Waals surface area contributed by atoms with E-state index in [1.54, 1.807) is 7.11 Å². The third-order valence-electron chi connectivity index (χ3n) is 6.00. The van der Waals surface area contributed by atoms with Crippen molar-refractivity contribution in [2.75, 3.05) is 31.7 Å². The minimum atomic E-state index is -0.633. The van der Waals surface area contributed by atoms with Gasteiger partial charge in [0.25, 0.3) is 5.91 Å². The molecule has 8 nitrogen and oxygen atoms in total. The van der Waals surface area contributed by atoms with E-state index in [1.807, 2.05) is 60.7 Å². The van der Waals surface area contributed by atoms with Gasteiger partial charge in [0, 0.05) is 24.7 Å². The van der Waals surface area contributed by atoms with Crippen LogP contribution in [0.2, 0.25) is 0 Å². The third kappa shape index (κ3) is 4.55. The molecule has 1 atom stereocenters. The number of carbonyl (C=O) groups excluding carboxylic acids is 1. The minimum Gasteiger partial charge on any atom is -0.496 e. The van der Waals surface area contributed by atoms with Gasteiger partial charge in [-0.05, 0) is 49.2 Å². The van der Waals surface area contributed by atoms with Crippen LogP contribution in [0.3, 0.4) is 0 Å². The Morgan fingerprint density at radius 2 is 1.76 bits per heavy atom. The molecule has 1 fully saturated rings. The summed E-state index contributed by atoms with van der Waals surface area (Å²) in [4.78, 5) is 14.9. The molecule has 3 aromatic rings. The number of rotatable bonds is 5. The first kappa shape index (κ1) is 21.1. The average molecular weight is 447 g/mol. The predicted molar refractivity (Wildman–Crippen MR) is 124 cm³/mol. The molecule has 0 bridgehead atoms. The molecular weight excluding hydrogens is 420 g/mol. The zero-order valence-electron chi connectivity index (χ0n) is 18.4. The fraction of sp³-hybridized carbons (Fsp3) is 0.320. The lowest BCUT2D eigenvalue weighted by molar-refractivity contribution is -0.131. The Labute approximate surface area is 192 Å². The average Bonchev–Trinajstić information content (AvgIpc) is 2.89. The van der Waals surface area contributed by atoms with Gasteiger partial charge in [0.15, 0.2) is 17.3 Å². The van der Waals surface area contributed by atoms with Gasteiger partial charge in [-0.15, -0.1) is 10.2 Å². The first-order valence-electron chi connectivity index (χ1n) is 11.1. The first-order valence-corrected chi connectivity index (χ1v) is 11.1. The lowest BCUT2D eigenvalue weighted by atomic mass is 10.0. The monoisotopic (exact) mass is 446 g/mol. The van der Waals surface area contributed by atoms with Crippen LogP contribution in [0.4, 0.5) is 5.82 Å². The van der Waals surface area contributed by atoms with E-state index in [1.165, 1.54) is 0 Å². The third-order valence-corrected chi connectivity index (χ3v) is 6.00. The van der Waals surface area contributed by atoms with E-state index in [-0.39, 0.29) is 18.6 Å². The normalized spacial score (nSPS) is 18.0. The number of ether oxygens (including phenoxy) is 3. The van der Waals surface area contributed by atoms with Crippen molar-refractivity contribution in [3.8, 4) is 28.5 Å². The van der Waals surface area contributed by atoms with Gasteiger partial charge in [0.05, 0.1) is 12.8 Å². The molecule has 1 amide bonds. The molecule has 1 saturated heterocycles. The highest BCUT2D eigenvalue weighted by atomic mass is 16.6. The Balaban J connectivity index is 1.15. The summed E-state index contributed by atoms with van der Waals surface area (Å²) in [6.07, 6.45) is 1.02. The van der Waals surface area contributed by atoms with Crippen LogP contribution in [0.25, 0.3) is 11.3 Å². The number of para-hydroxylation sites is 3. The molecule has 33 heavy (non-hydrogen) atoms. The molecular formula is C25H26N4O4. The van der Waals surface area contributed by atoms with Crippen LogP contribution < -0.4 is 24.4 Å². The number of hydrogen-bond acceptors (Lipinski definition) is 7. The van der Waals surface area contributed by atoms with E-state index in [0.29, 0.717) is 11.5 Å². The van der Waals surface area contributed by atoms with Crippen molar-refractivity contribution in [3.63, 3.8) is 0 Å². The maximum Gasteiger partial charge on any atom is 0.264 e. The largest absolute Gasteiger partial charge is 0.496 e. The smallest absolute Gasteiger partial charge is 0.264 e. The Morgan fingerprint density at radius 1 is 1.00 bits per heavy atom. The summed E-state index contributed by atoms with van der Waals surface area (Å²) in [5.74, 6) is 2.75. The van der Waals surface area contributed by atoms with Crippen molar-refractivity contribution in [2.45, 2.75) is 25.0 Å². The number of nitrogens with one attached hydrogen (secondary N) is 1. The second-order valence-corrected chi connectivity index (χ2v) is 8.11. The molecule has 1 N–H and O–H groups in total. The zero-order chi connectivity index (χ0) is 22.6. The van der Waals surface area contributed by atoms with E-state index in [0.717, 1.165) is 48.8 Å². The van der Waals surface area contributed by atoms with Crippen LogP contribution in [0.15, 0.2) is 60.7 Å². The molecule has 5 rings (SSSR count). The standard InChI is InChI=1S/C25H26N4O4/c1-31-20-7-3-2-6-18(20)19-10-11-24(28-27-19)29-14-12-17(13-15-29)26-25(30)23-16-32-21-8-4-5-9-22(21)33-23/h2-11,17,23H,12-16H2,1H3,(H,26,30). The summed E-state index contributed by atoms with van der Waals surface area (Å²) < 4.78 is 16.9. The number of anilines is 1. The Kier molecular flexibility index (Phi) is 5.97. The minimum absolute atomic E-state index is 0.0929. The van der Waals surface area contributed by atoms with Gasteiger partial charge < -0.3 is 24.4 Å². The summed E-state index contributed by atoms with van der Waals surface area (Å²) in [6, 6.07) is 19.2. The zero-order valence-corrected chi connectivity index (χ0v) is 18.4. The molecule has 2 aromatic carbocycles. The topological polar surface area (TPSA) is 85.8 Å². The molecule has 2 aliphatic heterocycles. The maximum atomic E-state index is 12.7. The van der Waals surface area contributed by atoms with Crippen LogP contribution >= 0.6 is 0 Å². The Hall–Kier alpha value is -3.81. The lowest BCUT2D eigenvalue weighted by Crippen LogP contribution is -2.51. The quantitative estimate of drug-likeness (QED) is 0.645. The number of hydrogen-bond donors (Lipinski definition) is 1. The van der Waals surface area contributed by atoms with Crippen molar-refractivity contribution in [3.05, 3.63) is 60.7 Å². The van der Waals surface area contributed by atoms with Crippen molar-refractivity contribution in [1.82, 2.24) is 15.5 Å². The Bertz CT molecular complexity index is 1110. The maximum absolute atomic E-state index is 12.7. The molecule has 8 heteroatoms. The van der Waals surface area contributed by atoms with Gasteiger partial charge in [-0.3, -0.25) is 4.79 Å². The van der Waals surface area contributed by atoms with Crippen molar-refractivity contribution < 1.29 is 19.0 Å². The van der Waals surface area contributed by atoms with Crippen LogP contribution in [0.5, 0.6) is 17.2 Å². The summed E-state index contributed by atoms with van der Waals surface area (Å²) in [6.45, 7) is 1.80. The van der Waals surface area contributed by atoms with Gasteiger partial charge >= 0.3 is 0 Å².